The van der Waals surface area contributed by atoms with Crippen LogP contribution in [0, 0.1) is 11.3 Å². The van der Waals surface area contributed by atoms with Crippen molar-refractivity contribution in [1.29, 1.82) is 5.26 Å². The van der Waals surface area contributed by atoms with E-state index in [9.17, 15) is 4.79 Å². The van der Waals surface area contributed by atoms with Gasteiger partial charge in [0.2, 0.25) is 0 Å². The fraction of sp³-hybridized carbons (Fsp3) is 0.364. The third kappa shape index (κ3) is 4.81. The number of hydrogen-bond donors (Lipinski definition) is 1. The van der Waals surface area contributed by atoms with Crippen LogP contribution < -0.4 is 5.32 Å². The van der Waals surface area contributed by atoms with E-state index in [1.807, 2.05) is 6.07 Å². The van der Waals surface area contributed by atoms with Crippen LogP contribution in [0.25, 0.3) is 0 Å². The smallest absolute Gasteiger partial charge is 0.269 e. The van der Waals surface area contributed by atoms with Gasteiger partial charge in [-0.15, -0.1) is 11.6 Å². The van der Waals surface area contributed by atoms with Crippen LogP contribution in [0.2, 0.25) is 0 Å². The Labute approximate surface area is 104 Å². The minimum atomic E-state index is -0.288. The van der Waals surface area contributed by atoms with Crippen molar-refractivity contribution in [3.05, 3.63) is 29.6 Å². The molecule has 0 radical (unpaired) electrons. The van der Waals surface area contributed by atoms with Gasteiger partial charge in [0.25, 0.3) is 5.91 Å². The third-order valence-corrected chi connectivity index (χ3v) is 2.03. The lowest BCUT2D eigenvalue weighted by molar-refractivity contribution is 0.0918. The van der Waals surface area contributed by atoms with Crippen molar-refractivity contribution >= 4 is 17.5 Å². The molecule has 0 aliphatic heterocycles. The van der Waals surface area contributed by atoms with Crippen molar-refractivity contribution in [1.82, 2.24) is 10.3 Å². The van der Waals surface area contributed by atoms with E-state index in [4.69, 9.17) is 21.6 Å². The van der Waals surface area contributed by atoms with E-state index in [0.29, 0.717) is 31.2 Å². The highest BCUT2D eigenvalue weighted by Crippen LogP contribution is 1.98. The number of carbonyl (C=O) groups excluding carboxylic acids is 1. The van der Waals surface area contributed by atoms with E-state index in [1.54, 1.807) is 6.07 Å². The molecule has 90 valence electrons. The Kier molecular flexibility index (Phi) is 6.00. The van der Waals surface area contributed by atoms with Crippen LogP contribution in [0.15, 0.2) is 18.3 Å². The van der Waals surface area contributed by atoms with Gasteiger partial charge in [-0.3, -0.25) is 4.79 Å². The van der Waals surface area contributed by atoms with Crippen LogP contribution in [-0.4, -0.2) is 36.5 Å². The van der Waals surface area contributed by atoms with Crippen molar-refractivity contribution < 1.29 is 9.53 Å². The van der Waals surface area contributed by atoms with Crippen LogP contribution in [0.4, 0.5) is 0 Å². The molecule has 0 saturated heterocycles. The van der Waals surface area contributed by atoms with Gasteiger partial charge in [0.05, 0.1) is 18.8 Å². The van der Waals surface area contributed by atoms with E-state index in [1.165, 1.54) is 12.3 Å². The highest BCUT2D eigenvalue weighted by molar-refractivity contribution is 6.17. The molecule has 1 amide bonds. The molecule has 0 aromatic carbocycles. The lowest BCUT2D eigenvalue weighted by atomic mass is 10.2. The number of amides is 1. The second-order valence-corrected chi connectivity index (χ2v) is 3.48. The molecule has 1 rings (SSSR count). The number of pyridine rings is 1. The molecular weight excluding hydrogens is 242 g/mol. The largest absolute Gasteiger partial charge is 0.378 e. The molecule has 1 heterocycles. The first-order chi connectivity index (χ1) is 8.27. The summed E-state index contributed by atoms with van der Waals surface area (Å²) in [5, 5.41) is 11.2. The third-order valence-electron chi connectivity index (χ3n) is 1.88. The number of rotatable bonds is 6. The average Bonchev–Trinajstić information content (AvgIpc) is 2.38. The van der Waals surface area contributed by atoms with Crippen molar-refractivity contribution in [3.8, 4) is 6.07 Å². The number of alkyl halides is 1. The van der Waals surface area contributed by atoms with Crippen LogP contribution >= 0.6 is 11.6 Å². The zero-order valence-electron chi connectivity index (χ0n) is 9.15. The quantitative estimate of drug-likeness (QED) is 0.605. The van der Waals surface area contributed by atoms with Crippen LogP contribution in [0.1, 0.15) is 16.1 Å². The maximum Gasteiger partial charge on any atom is 0.269 e. The molecule has 1 aromatic rings. The van der Waals surface area contributed by atoms with Gasteiger partial charge in [0.1, 0.15) is 11.8 Å². The van der Waals surface area contributed by atoms with Gasteiger partial charge in [-0.1, -0.05) is 0 Å². The monoisotopic (exact) mass is 253 g/mol. The Balaban J connectivity index is 2.34. The molecule has 0 spiro atoms. The van der Waals surface area contributed by atoms with E-state index in [-0.39, 0.29) is 11.6 Å². The lowest BCUT2D eigenvalue weighted by Crippen LogP contribution is -2.28. The van der Waals surface area contributed by atoms with Gasteiger partial charge >= 0.3 is 0 Å². The molecule has 0 unspecified atom stereocenters. The summed E-state index contributed by atoms with van der Waals surface area (Å²) in [6, 6.07) is 4.99. The maximum atomic E-state index is 11.5. The molecule has 0 aliphatic carbocycles. The Morgan fingerprint density at radius 3 is 2.94 bits per heavy atom. The predicted molar refractivity (Wildman–Crippen MR) is 62.8 cm³/mol. The van der Waals surface area contributed by atoms with Crippen LogP contribution in [0.5, 0.6) is 0 Å². The average molecular weight is 254 g/mol. The van der Waals surface area contributed by atoms with Crippen LogP contribution in [0.3, 0.4) is 0 Å². The molecule has 0 saturated carbocycles. The summed E-state index contributed by atoms with van der Waals surface area (Å²) in [4.78, 5) is 15.4. The summed E-state index contributed by atoms with van der Waals surface area (Å²) in [7, 11) is 0. The molecule has 0 bridgehead atoms. The van der Waals surface area contributed by atoms with E-state index >= 15 is 0 Å². The SMILES string of the molecule is N#Cc1ccc(C(=O)NCCOCCCl)nc1. The van der Waals surface area contributed by atoms with Crippen molar-refractivity contribution in [3.63, 3.8) is 0 Å². The second-order valence-electron chi connectivity index (χ2n) is 3.10. The zero-order valence-corrected chi connectivity index (χ0v) is 9.91. The second kappa shape index (κ2) is 7.60. The van der Waals surface area contributed by atoms with E-state index in [0.717, 1.165) is 0 Å². The Hall–Kier alpha value is -1.64. The summed E-state index contributed by atoms with van der Waals surface area (Å²) < 4.78 is 5.10. The number of nitrogens with one attached hydrogen (secondary N) is 1. The van der Waals surface area contributed by atoms with Gasteiger partial charge in [-0.25, -0.2) is 4.98 Å². The van der Waals surface area contributed by atoms with Gasteiger partial charge in [0.15, 0.2) is 0 Å². The Morgan fingerprint density at radius 2 is 2.35 bits per heavy atom. The summed E-state index contributed by atoms with van der Waals surface area (Å²) in [5.74, 6) is 0.148. The number of ether oxygens (including phenoxy) is 1. The summed E-state index contributed by atoms with van der Waals surface area (Å²) in [6.45, 7) is 1.28. The molecule has 1 N–H and O–H groups in total. The first kappa shape index (κ1) is 13.4. The van der Waals surface area contributed by atoms with Gasteiger partial charge in [-0.05, 0) is 12.1 Å². The van der Waals surface area contributed by atoms with Gasteiger partial charge in [-0.2, -0.15) is 5.26 Å². The predicted octanol–water partition coefficient (Wildman–Crippen LogP) is 0.938. The molecular formula is C11H12ClN3O2. The molecule has 6 heteroatoms. The number of carbonyl (C=O) groups is 1. The summed E-state index contributed by atoms with van der Waals surface area (Å²) >= 11 is 5.42. The van der Waals surface area contributed by atoms with Gasteiger partial charge < -0.3 is 10.1 Å². The number of hydrogen-bond acceptors (Lipinski definition) is 4. The van der Waals surface area contributed by atoms with Crippen molar-refractivity contribution in [2.45, 2.75) is 0 Å². The number of nitrogens with zero attached hydrogens (tertiary/aromatic N) is 2. The summed E-state index contributed by atoms with van der Waals surface area (Å²) in [5.41, 5.74) is 0.702. The van der Waals surface area contributed by atoms with Crippen molar-refractivity contribution in [2.24, 2.45) is 0 Å². The normalized spacial score (nSPS) is 9.65. The Bertz CT molecular complexity index is 400. The summed E-state index contributed by atoms with van der Waals surface area (Å²) in [6.07, 6.45) is 1.36. The first-order valence-electron chi connectivity index (χ1n) is 5.06. The van der Waals surface area contributed by atoms with E-state index < -0.39 is 0 Å². The zero-order chi connectivity index (χ0) is 12.5. The topological polar surface area (TPSA) is 75.0 Å². The minimum absolute atomic E-state index is 0.279. The Morgan fingerprint density at radius 1 is 1.53 bits per heavy atom. The minimum Gasteiger partial charge on any atom is -0.378 e. The number of halogens is 1. The molecule has 0 fully saturated rings. The first-order valence-corrected chi connectivity index (χ1v) is 5.59. The van der Waals surface area contributed by atoms with Crippen molar-refractivity contribution in [2.75, 3.05) is 25.6 Å². The standard InChI is InChI=1S/C11H12ClN3O2/c12-3-5-17-6-4-14-11(16)10-2-1-9(7-13)8-15-10/h1-2,8H,3-6H2,(H,14,16). The number of nitriles is 1. The lowest BCUT2D eigenvalue weighted by Gasteiger charge is -2.04. The van der Waals surface area contributed by atoms with Crippen LogP contribution in [-0.2, 0) is 4.74 Å². The highest BCUT2D eigenvalue weighted by Gasteiger charge is 2.05. The maximum absolute atomic E-state index is 11.5. The highest BCUT2D eigenvalue weighted by atomic mass is 35.5. The molecule has 5 nitrogen and oxygen atoms in total. The number of aromatic nitrogens is 1. The fourth-order valence-electron chi connectivity index (χ4n) is 1.08. The molecule has 17 heavy (non-hydrogen) atoms. The van der Waals surface area contributed by atoms with E-state index in [2.05, 4.69) is 10.3 Å². The molecule has 1 aromatic heterocycles. The fourth-order valence-corrected chi connectivity index (χ4v) is 1.19. The van der Waals surface area contributed by atoms with Gasteiger partial charge in [0, 0.05) is 18.6 Å². The molecule has 0 atom stereocenters. The molecule has 0 aliphatic rings.